The lowest BCUT2D eigenvalue weighted by Gasteiger charge is -2.26. The molecule has 0 saturated heterocycles. The third-order valence-electron chi connectivity index (χ3n) is 2.97. The first-order chi connectivity index (χ1) is 11.3. The molecule has 0 spiro atoms. The number of amides is 1. The number of carboxylic acid groups (broad SMARTS) is 1. The van der Waals surface area contributed by atoms with Crippen LogP contribution < -0.4 is 4.90 Å². The summed E-state index contributed by atoms with van der Waals surface area (Å²) in [7, 11) is 0. The lowest BCUT2D eigenvalue weighted by Crippen LogP contribution is -2.37. The molecule has 0 aliphatic carbocycles. The van der Waals surface area contributed by atoms with Crippen LogP contribution in [-0.2, 0) is 11.3 Å². The van der Waals surface area contributed by atoms with Gasteiger partial charge in [0.05, 0.1) is 12.1 Å². The maximum absolute atomic E-state index is 12.5. The minimum absolute atomic E-state index is 0.132. The van der Waals surface area contributed by atoms with Crippen LogP contribution in [-0.4, -0.2) is 32.7 Å². The van der Waals surface area contributed by atoms with Crippen LogP contribution in [0.5, 0.6) is 0 Å². The molecule has 126 valence electrons. The van der Waals surface area contributed by atoms with Gasteiger partial charge in [0.2, 0.25) is 0 Å². The van der Waals surface area contributed by atoms with Crippen molar-refractivity contribution in [2.75, 3.05) is 4.90 Å². The molecule has 0 fully saturated rings. The zero-order valence-electron chi connectivity index (χ0n) is 13.8. The molecule has 0 radical (unpaired) electrons. The number of anilines is 1. The van der Waals surface area contributed by atoms with Crippen LogP contribution in [0.3, 0.4) is 0 Å². The van der Waals surface area contributed by atoms with Crippen LogP contribution in [0.15, 0.2) is 42.9 Å². The monoisotopic (exact) mass is 329 g/mol. The van der Waals surface area contributed by atoms with Crippen LogP contribution in [0.4, 0.5) is 10.6 Å². The normalized spacial score (nSPS) is 11.0. The summed E-state index contributed by atoms with van der Waals surface area (Å²) in [5, 5.41) is 9.10. The average molecular weight is 329 g/mol. The van der Waals surface area contributed by atoms with Crippen molar-refractivity contribution in [2.45, 2.75) is 32.9 Å². The number of aromatic carboxylic acids is 1. The summed E-state index contributed by atoms with van der Waals surface area (Å²) in [4.78, 5) is 32.9. The molecule has 0 aliphatic heterocycles. The maximum Gasteiger partial charge on any atom is 0.416 e. The molecule has 1 heterocycles. The van der Waals surface area contributed by atoms with Gasteiger partial charge in [0.15, 0.2) is 0 Å². The minimum atomic E-state index is -1.03. The highest BCUT2D eigenvalue weighted by molar-refractivity contribution is 5.88. The van der Waals surface area contributed by atoms with Crippen molar-refractivity contribution in [1.82, 2.24) is 9.97 Å². The third-order valence-corrected chi connectivity index (χ3v) is 2.97. The van der Waals surface area contributed by atoms with Gasteiger partial charge >= 0.3 is 12.1 Å². The predicted molar refractivity (Wildman–Crippen MR) is 87.9 cm³/mol. The van der Waals surface area contributed by atoms with Gasteiger partial charge in [-0.2, -0.15) is 0 Å². The predicted octanol–water partition coefficient (Wildman–Crippen LogP) is 3.12. The lowest BCUT2D eigenvalue weighted by molar-refractivity contribution is 0.0575. The van der Waals surface area contributed by atoms with Crippen molar-refractivity contribution >= 4 is 17.9 Å². The highest BCUT2D eigenvalue weighted by atomic mass is 16.6. The van der Waals surface area contributed by atoms with Crippen molar-refractivity contribution in [2.24, 2.45) is 0 Å². The fraction of sp³-hybridized carbons (Fsp3) is 0.294. The van der Waals surface area contributed by atoms with Crippen molar-refractivity contribution in [3.05, 3.63) is 54.0 Å². The molecule has 1 amide bonds. The van der Waals surface area contributed by atoms with Gasteiger partial charge in [-0.25, -0.2) is 19.6 Å². The second kappa shape index (κ2) is 7.08. The van der Waals surface area contributed by atoms with Gasteiger partial charge in [0, 0.05) is 6.20 Å². The molecule has 1 N–H and O–H groups in total. The molecule has 0 unspecified atom stereocenters. The number of hydrogen-bond donors (Lipinski definition) is 1. The maximum atomic E-state index is 12.5. The SMILES string of the molecule is CC(C)(C)OC(=O)N(Cc1cccc(C(=O)O)c1)c1ccncn1. The van der Waals surface area contributed by atoms with Crippen LogP contribution in [0.2, 0.25) is 0 Å². The first kappa shape index (κ1) is 17.4. The summed E-state index contributed by atoms with van der Waals surface area (Å²) in [6, 6.07) is 7.97. The number of carbonyl (C=O) groups excluding carboxylic acids is 1. The number of ether oxygens (including phenoxy) is 1. The minimum Gasteiger partial charge on any atom is -0.478 e. The quantitative estimate of drug-likeness (QED) is 0.926. The summed E-state index contributed by atoms with van der Waals surface area (Å²) >= 11 is 0. The number of benzene rings is 1. The Balaban J connectivity index is 2.31. The Hall–Kier alpha value is -2.96. The van der Waals surface area contributed by atoms with E-state index >= 15 is 0 Å². The first-order valence-corrected chi connectivity index (χ1v) is 7.35. The largest absolute Gasteiger partial charge is 0.478 e. The molecule has 7 heteroatoms. The summed E-state index contributed by atoms with van der Waals surface area (Å²) < 4.78 is 5.41. The number of nitrogens with zero attached hydrogens (tertiary/aromatic N) is 3. The number of carbonyl (C=O) groups is 2. The Morgan fingerprint density at radius 1 is 1.25 bits per heavy atom. The number of rotatable bonds is 4. The molecule has 0 aliphatic rings. The van der Waals surface area contributed by atoms with E-state index in [2.05, 4.69) is 9.97 Å². The molecule has 0 atom stereocenters. The van der Waals surface area contributed by atoms with Crippen molar-refractivity contribution in [1.29, 1.82) is 0 Å². The molecule has 2 aromatic rings. The van der Waals surface area contributed by atoms with Gasteiger partial charge in [-0.3, -0.25) is 4.90 Å². The van der Waals surface area contributed by atoms with Crippen molar-refractivity contribution in [3.63, 3.8) is 0 Å². The van der Waals surface area contributed by atoms with E-state index in [0.717, 1.165) is 0 Å². The van der Waals surface area contributed by atoms with E-state index < -0.39 is 17.7 Å². The Morgan fingerprint density at radius 3 is 2.58 bits per heavy atom. The van der Waals surface area contributed by atoms with Crippen LogP contribution in [0.1, 0.15) is 36.7 Å². The zero-order valence-corrected chi connectivity index (χ0v) is 13.8. The fourth-order valence-electron chi connectivity index (χ4n) is 1.98. The highest BCUT2D eigenvalue weighted by Crippen LogP contribution is 2.19. The van der Waals surface area contributed by atoms with Gasteiger partial charge in [0.25, 0.3) is 0 Å². The number of aromatic nitrogens is 2. The summed E-state index contributed by atoms with van der Waals surface area (Å²) in [5.41, 5.74) is 0.143. The van der Waals surface area contributed by atoms with E-state index in [-0.39, 0.29) is 12.1 Å². The van der Waals surface area contributed by atoms with Crippen LogP contribution in [0, 0.1) is 0 Å². The standard InChI is InChI=1S/C17H19N3O4/c1-17(2,3)24-16(23)20(14-7-8-18-11-19-14)10-12-5-4-6-13(9-12)15(21)22/h4-9,11H,10H2,1-3H3,(H,21,22). The molecular formula is C17H19N3O4. The molecule has 0 saturated carbocycles. The third kappa shape index (κ3) is 4.77. The van der Waals surface area contributed by atoms with E-state index in [0.29, 0.717) is 11.4 Å². The topological polar surface area (TPSA) is 92.6 Å². The Morgan fingerprint density at radius 2 is 2.00 bits per heavy atom. The van der Waals surface area contributed by atoms with E-state index in [4.69, 9.17) is 9.84 Å². The molecule has 1 aromatic carbocycles. The zero-order chi connectivity index (χ0) is 17.7. The average Bonchev–Trinajstić information content (AvgIpc) is 2.52. The summed E-state index contributed by atoms with van der Waals surface area (Å²) in [5.74, 6) is -0.650. The lowest BCUT2D eigenvalue weighted by atomic mass is 10.1. The summed E-state index contributed by atoms with van der Waals surface area (Å²) in [6.07, 6.45) is 2.29. The molecule has 2 rings (SSSR count). The second-order valence-corrected chi connectivity index (χ2v) is 6.14. The first-order valence-electron chi connectivity index (χ1n) is 7.35. The second-order valence-electron chi connectivity index (χ2n) is 6.14. The van der Waals surface area contributed by atoms with Gasteiger partial charge in [-0.15, -0.1) is 0 Å². The molecule has 7 nitrogen and oxygen atoms in total. The summed E-state index contributed by atoms with van der Waals surface area (Å²) in [6.45, 7) is 5.45. The fourth-order valence-corrected chi connectivity index (χ4v) is 1.98. The highest BCUT2D eigenvalue weighted by Gasteiger charge is 2.24. The van der Waals surface area contributed by atoms with Crippen LogP contribution in [0.25, 0.3) is 0 Å². The van der Waals surface area contributed by atoms with Gasteiger partial charge in [-0.05, 0) is 44.5 Å². The Kier molecular flexibility index (Phi) is 5.13. The molecule has 24 heavy (non-hydrogen) atoms. The van der Waals surface area contributed by atoms with E-state index in [9.17, 15) is 9.59 Å². The van der Waals surface area contributed by atoms with Gasteiger partial charge in [0.1, 0.15) is 17.7 Å². The van der Waals surface area contributed by atoms with Crippen molar-refractivity contribution in [3.8, 4) is 0 Å². The van der Waals surface area contributed by atoms with Gasteiger partial charge in [-0.1, -0.05) is 12.1 Å². The Labute approximate surface area is 139 Å². The molecule has 0 bridgehead atoms. The van der Waals surface area contributed by atoms with Crippen LogP contribution >= 0.6 is 0 Å². The molecule has 1 aromatic heterocycles. The van der Waals surface area contributed by atoms with Crippen molar-refractivity contribution < 1.29 is 19.4 Å². The van der Waals surface area contributed by atoms with Gasteiger partial charge < -0.3 is 9.84 Å². The number of carboxylic acids is 1. The smallest absolute Gasteiger partial charge is 0.416 e. The molecular weight excluding hydrogens is 310 g/mol. The van der Waals surface area contributed by atoms with E-state index in [1.54, 1.807) is 39.0 Å². The van der Waals surface area contributed by atoms with E-state index in [1.165, 1.54) is 29.6 Å². The number of hydrogen-bond acceptors (Lipinski definition) is 5. The van der Waals surface area contributed by atoms with E-state index in [1.807, 2.05) is 0 Å². The Bertz CT molecular complexity index is 726.